The molecule has 0 saturated carbocycles. The molecular weight excluding hydrogens is 323 g/mol. The molecule has 0 spiro atoms. The van der Waals surface area contributed by atoms with Gasteiger partial charge in [0.15, 0.2) is 0 Å². The fourth-order valence-electron chi connectivity index (χ4n) is 2.35. The average Bonchev–Trinajstić information content (AvgIpc) is 2.52. The smallest absolute Gasteiger partial charge is 0.288 e. The molecular formula is C16H14ClFN2OS. The van der Waals surface area contributed by atoms with Crippen LogP contribution in [0.4, 0.5) is 14.9 Å². The maximum Gasteiger partial charge on any atom is 0.335 e. The van der Waals surface area contributed by atoms with E-state index in [-0.39, 0.29) is 12.6 Å². The Hall–Kier alpha value is -1.72. The predicted octanol–water partition coefficient (Wildman–Crippen LogP) is 4.95. The zero-order chi connectivity index (χ0) is 15.7. The first kappa shape index (κ1) is 15.2. The molecule has 2 amide bonds. The highest BCUT2D eigenvalue weighted by Crippen LogP contribution is 2.39. The van der Waals surface area contributed by atoms with Crippen molar-refractivity contribution in [2.24, 2.45) is 0 Å². The van der Waals surface area contributed by atoms with E-state index in [1.165, 1.54) is 18.0 Å². The van der Waals surface area contributed by atoms with E-state index < -0.39 is 5.82 Å². The van der Waals surface area contributed by atoms with Gasteiger partial charge in [-0.15, -0.1) is 0 Å². The zero-order valence-electron chi connectivity index (χ0n) is 11.9. The summed E-state index contributed by atoms with van der Waals surface area (Å²) in [5.74, 6) is -0.404. The molecule has 1 heterocycles. The second kappa shape index (κ2) is 6.18. The third kappa shape index (κ3) is 2.66. The Bertz CT molecular complexity index is 705. The topological polar surface area (TPSA) is 23.6 Å². The molecule has 0 bridgehead atoms. The predicted molar refractivity (Wildman–Crippen MR) is 87.7 cm³/mol. The van der Waals surface area contributed by atoms with Crippen molar-refractivity contribution in [3.05, 3.63) is 58.9 Å². The summed E-state index contributed by atoms with van der Waals surface area (Å²) in [6.07, 6.45) is 0. The second-order valence-electron chi connectivity index (χ2n) is 4.82. The fraction of sp³-hybridized carbons (Fsp3) is 0.188. The number of para-hydroxylation sites is 1. The second-order valence-corrected chi connectivity index (χ2v) is 6.29. The maximum atomic E-state index is 14.0. The number of urea groups is 1. The average molecular weight is 337 g/mol. The van der Waals surface area contributed by atoms with Crippen molar-refractivity contribution in [2.75, 3.05) is 11.4 Å². The first-order chi connectivity index (χ1) is 10.6. The molecule has 6 heteroatoms. The number of halogens is 2. The summed E-state index contributed by atoms with van der Waals surface area (Å²) in [6.45, 7) is 2.59. The molecule has 2 aromatic rings. The minimum Gasteiger partial charge on any atom is -0.288 e. The summed E-state index contributed by atoms with van der Waals surface area (Å²) in [5.41, 5.74) is 1.11. The quantitative estimate of drug-likeness (QED) is 0.740. The minimum atomic E-state index is -0.404. The molecule has 0 saturated heterocycles. The fourth-order valence-corrected chi connectivity index (χ4v) is 3.52. The molecule has 0 aromatic heterocycles. The van der Waals surface area contributed by atoms with Crippen molar-refractivity contribution in [1.82, 2.24) is 4.31 Å². The molecule has 0 unspecified atom stereocenters. The Morgan fingerprint density at radius 1 is 1.18 bits per heavy atom. The summed E-state index contributed by atoms with van der Waals surface area (Å²) in [6, 6.07) is 12.0. The Morgan fingerprint density at radius 2 is 1.95 bits per heavy atom. The number of fused-ring (bicyclic) bond motifs is 1. The van der Waals surface area contributed by atoms with Crippen molar-refractivity contribution in [3.8, 4) is 0 Å². The van der Waals surface area contributed by atoms with Crippen LogP contribution in [0.25, 0.3) is 0 Å². The van der Waals surface area contributed by atoms with Gasteiger partial charge in [0.1, 0.15) is 5.82 Å². The molecule has 1 aliphatic heterocycles. The third-order valence-corrected chi connectivity index (χ3v) is 5.00. The van der Waals surface area contributed by atoms with Gasteiger partial charge in [-0.2, -0.15) is 0 Å². The SMILES string of the molecule is CCN1Sc2ccccc2N(Cc2c(F)cccc2Cl)C1=O. The van der Waals surface area contributed by atoms with Crippen LogP contribution < -0.4 is 4.90 Å². The number of hydrogen-bond donors (Lipinski definition) is 0. The normalized spacial score (nSPS) is 14.2. The summed E-state index contributed by atoms with van der Waals surface area (Å²) in [7, 11) is 0. The van der Waals surface area contributed by atoms with Gasteiger partial charge in [-0.25, -0.2) is 9.18 Å². The zero-order valence-corrected chi connectivity index (χ0v) is 13.5. The van der Waals surface area contributed by atoms with Gasteiger partial charge in [0.25, 0.3) is 0 Å². The highest BCUT2D eigenvalue weighted by atomic mass is 35.5. The lowest BCUT2D eigenvalue weighted by molar-refractivity contribution is 0.232. The Balaban J connectivity index is 2.03. The van der Waals surface area contributed by atoms with Gasteiger partial charge >= 0.3 is 6.03 Å². The van der Waals surface area contributed by atoms with E-state index in [0.717, 1.165) is 10.6 Å². The number of anilines is 1. The number of hydrogen-bond acceptors (Lipinski definition) is 2. The molecule has 0 N–H and O–H groups in total. The van der Waals surface area contributed by atoms with E-state index in [2.05, 4.69) is 0 Å². The van der Waals surface area contributed by atoms with E-state index in [0.29, 0.717) is 17.1 Å². The van der Waals surface area contributed by atoms with Crippen LogP contribution in [0.2, 0.25) is 5.02 Å². The molecule has 2 aromatic carbocycles. The maximum absolute atomic E-state index is 14.0. The molecule has 0 fully saturated rings. The van der Waals surface area contributed by atoms with Gasteiger partial charge in [0.2, 0.25) is 0 Å². The van der Waals surface area contributed by atoms with Crippen molar-refractivity contribution in [3.63, 3.8) is 0 Å². The molecule has 3 rings (SSSR count). The van der Waals surface area contributed by atoms with Crippen LogP contribution in [-0.4, -0.2) is 16.9 Å². The van der Waals surface area contributed by atoms with E-state index in [1.807, 2.05) is 31.2 Å². The monoisotopic (exact) mass is 336 g/mol. The van der Waals surface area contributed by atoms with Gasteiger partial charge in [-0.1, -0.05) is 29.8 Å². The Kier molecular flexibility index (Phi) is 4.27. The first-order valence-corrected chi connectivity index (χ1v) is 8.06. The van der Waals surface area contributed by atoms with Crippen molar-refractivity contribution < 1.29 is 9.18 Å². The number of nitrogens with zero attached hydrogens (tertiary/aromatic N) is 2. The Labute approximate surface area is 137 Å². The summed E-state index contributed by atoms with van der Waals surface area (Å²) in [4.78, 5) is 15.1. The van der Waals surface area contributed by atoms with E-state index >= 15 is 0 Å². The van der Waals surface area contributed by atoms with Crippen LogP contribution >= 0.6 is 23.5 Å². The van der Waals surface area contributed by atoms with E-state index in [9.17, 15) is 9.18 Å². The Morgan fingerprint density at radius 3 is 2.68 bits per heavy atom. The molecule has 22 heavy (non-hydrogen) atoms. The standard InChI is InChI=1S/C16H14ClFN2OS/c1-2-20-16(21)19(14-8-3-4-9-15(14)22-20)10-11-12(17)6-5-7-13(11)18/h3-9H,2,10H2,1H3. The third-order valence-electron chi connectivity index (χ3n) is 3.47. The van der Waals surface area contributed by atoms with Crippen molar-refractivity contribution in [2.45, 2.75) is 18.4 Å². The van der Waals surface area contributed by atoms with Gasteiger partial charge < -0.3 is 0 Å². The van der Waals surface area contributed by atoms with Crippen LogP contribution in [0.5, 0.6) is 0 Å². The minimum absolute atomic E-state index is 0.110. The number of amides is 2. The molecule has 0 atom stereocenters. The molecule has 1 aliphatic rings. The largest absolute Gasteiger partial charge is 0.335 e. The van der Waals surface area contributed by atoms with Crippen LogP contribution in [0, 0.1) is 5.82 Å². The lowest BCUT2D eigenvalue weighted by Crippen LogP contribution is -2.42. The number of carbonyl (C=O) groups excluding carboxylic acids is 1. The first-order valence-electron chi connectivity index (χ1n) is 6.90. The van der Waals surface area contributed by atoms with Crippen LogP contribution in [0.3, 0.4) is 0 Å². The van der Waals surface area contributed by atoms with Crippen molar-refractivity contribution in [1.29, 1.82) is 0 Å². The highest BCUT2D eigenvalue weighted by Gasteiger charge is 2.31. The molecule has 0 radical (unpaired) electrons. The number of benzene rings is 2. The number of carbonyl (C=O) groups is 1. The molecule has 114 valence electrons. The van der Waals surface area contributed by atoms with Gasteiger partial charge in [0, 0.05) is 17.1 Å². The van der Waals surface area contributed by atoms with Crippen molar-refractivity contribution >= 4 is 35.3 Å². The van der Waals surface area contributed by atoms with E-state index in [1.54, 1.807) is 21.3 Å². The van der Waals surface area contributed by atoms with Gasteiger partial charge in [-0.3, -0.25) is 9.21 Å². The summed E-state index contributed by atoms with van der Waals surface area (Å²) in [5, 5.41) is 0.326. The number of rotatable bonds is 3. The highest BCUT2D eigenvalue weighted by molar-refractivity contribution is 7.97. The van der Waals surface area contributed by atoms with Gasteiger partial charge in [-0.05, 0) is 43.1 Å². The van der Waals surface area contributed by atoms with E-state index in [4.69, 9.17) is 11.6 Å². The van der Waals surface area contributed by atoms with Crippen LogP contribution in [0.1, 0.15) is 12.5 Å². The van der Waals surface area contributed by atoms with Crippen LogP contribution in [0.15, 0.2) is 47.4 Å². The summed E-state index contributed by atoms with van der Waals surface area (Å²) < 4.78 is 15.7. The van der Waals surface area contributed by atoms with Crippen LogP contribution in [-0.2, 0) is 6.54 Å². The molecule has 0 aliphatic carbocycles. The molecule has 3 nitrogen and oxygen atoms in total. The lowest BCUT2D eigenvalue weighted by atomic mass is 10.2. The lowest BCUT2D eigenvalue weighted by Gasteiger charge is -2.35. The summed E-state index contributed by atoms with van der Waals surface area (Å²) >= 11 is 7.50. The van der Waals surface area contributed by atoms with Gasteiger partial charge in [0.05, 0.1) is 17.1 Å².